The Kier molecular flexibility index (Phi) is 3.34. The second kappa shape index (κ2) is 4.44. The van der Waals surface area contributed by atoms with Crippen LogP contribution >= 0.6 is 39.3 Å². The van der Waals surface area contributed by atoms with E-state index in [4.69, 9.17) is 11.6 Å². The summed E-state index contributed by atoms with van der Waals surface area (Å²) in [6.07, 6.45) is 0. The standard InChI is InChI=1S/C7H5BrClN3O2S2/c8-3-16(13,14)12-6-4(9)1-2-5-7(6)11-15-10-5/h1-2,12H,3H2. The first-order valence-corrected chi connectivity index (χ1v) is 7.89. The Morgan fingerprint density at radius 3 is 2.88 bits per heavy atom. The summed E-state index contributed by atoms with van der Waals surface area (Å²) in [7, 11) is -3.45. The predicted octanol–water partition coefficient (Wildman–Crippen LogP) is 2.44. The molecule has 2 aromatic rings. The molecule has 0 radical (unpaired) electrons. The lowest BCUT2D eigenvalue weighted by molar-refractivity contribution is 0.606. The van der Waals surface area contributed by atoms with Crippen LogP contribution in [0.15, 0.2) is 12.1 Å². The second-order valence-corrected chi connectivity index (χ2v) is 6.84. The summed E-state index contributed by atoms with van der Waals surface area (Å²) >= 11 is 9.80. The third-order valence-electron chi connectivity index (χ3n) is 1.78. The van der Waals surface area contributed by atoms with E-state index in [2.05, 4.69) is 29.4 Å². The van der Waals surface area contributed by atoms with Crippen molar-refractivity contribution in [2.24, 2.45) is 0 Å². The predicted molar refractivity (Wildman–Crippen MR) is 68.8 cm³/mol. The van der Waals surface area contributed by atoms with Crippen molar-refractivity contribution in [1.82, 2.24) is 8.75 Å². The fourth-order valence-corrected chi connectivity index (χ4v) is 2.82. The third kappa shape index (κ3) is 2.29. The molecule has 1 heterocycles. The molecule has 0 aliphatic carbocycles. The van der Waals surface area contributed by atoms with Gasteiger partial charge in [-0.3, -0.25) is 4.72 Å². The van der Waals surface area contributed by atoms with Gasteiger partial charge in [-0.2, -0.15) is 8.75 Å². The molecule has 9 heteroatoms. The van der Waals surface area contributed by atoms with Gasteiger partial charge in [-0.1, -0.05) is 27.5 Å². The SMILES string of the molecule is O=S(=O)(CBr)Nc1c(Cl)ccc2nsnc12. The first-order valence-electron chi connectivity index (χ1n) is 4.01. The molecule has 0 bridgehead atoms. The maximum Gasteiger partial charge on any atom is 0.242 e. The Labute approximate surface area is 109 Å². The number of alkyl halides is 1. The summed E-state index contributed by atoms with van der Waals surface area (Å²) < 4.78 is 33.0. The number of anilines is 1. The molecule has 0 amide bonds. The lowest BCUT2D eigenvalue weighted by Gasteiger charge is -2.07. The molecule has 0 unspecified atom stereocenters. The van der Waals surface area contributed by atoms with Gasteiger partial charge in [-0.05, 0) is 12.1 Å². The zero-order valence-corrected chi connectivity index (χ0v) is 11.6. The van der Waals surface area contributed by atoms with E-state index < -0.39 is 10.0 Å². The number of nitrogens with one attached hydrogen (secondary N) is 1. The summed E-state index contributed by atoms with van der Waals surface area (Å²) in [4.78, 5) is 0. The van der Waals surface area contributed by atoms with Gasteiger partial charge < -0.3 is 0 Å². The van der Waals surface area contributed by atoms with Crippen molar-refractivity contribution >= 4 is 66.0 Å². The Balaban J connectivity index is 2.58. The number of sulfonamides is 1. The monoisotopic (exact) mass is 341 g/mol. The number of nitrogens with zero attached hydrogens (tertiary/aromatic N) is 2. The van der Waals surface area contributed by atoms with Crippen molar-refractivity contribution in [3.05, 3.63) is 17.2 Å². The highest BCUT2D eigenvalue weighted by molar-refractivity contribution is 9.10. The van der Waals surface area contributed by atoms with E-state index in [1.54, 1.807) is 12.1 Å². The van der Waals surface area contributed by atoms with Gasteiger partial charge in [0.2, 0.25) is 10.0 Å². The van der Waals surface area contributed by atoms with Crippen LogP contribution in [0.5, 0.6) is 0 Å². The molecule has 0 saturated heterocycles. The number of hydrogen-bond acceptors (Lipinski definition) is 5. The molecule has 1 N–H and O–H groups in total. The van der Waals surface area contributed by atoms with Gasteiger partial charge in [0.05, 0.1) is 22.4 Å². The van der Waals surface area contributed by atoms with Gasteiger partial charge in [0, 0.05) is 0 Å². The molecule has 0 aliphatic heterocycles. The summed E-state index contributed by atoms with van der Waals surface area (Å²) in [6, 6.07) is 3.27. The average molecular weight is 343 g/mol. The van der Waals surface area contributed by atoms with Gasteiger partial charge in [0.1, 0.15) is 15.7 Å². The van der Waals surface area contributed by atoms with Gasteiger partial charge in [-0.25, -0.2) is 8.42 Å². The van der Waals surface area contributed by atoms with Crippen molar-refractivity contribution in [3.63, 3.8) is 0 Å². The largest absolute Gasteiger partial charge is 0.279 e. The van der Waals surface area contributed by atoms with Crippen LogP contribution in [0.2, 0.25) is 5.02 Å². The molecule has 2 rings (SSSR count). The molecular formula is C7H5BrClN3O2S2. The van der Waals surface area contributed by atoms with Crippen molar-refractivity contribution in [3.8, 4) is 0 Å². The van der Waals surface area contributed by atoms with E-state index in [0.29, 0.717) is 16.1 Å². The number of fused-ring (bicyclic) bond motifs is 1. The Morgan fingerprint density at radius 1 is 1.44 bits per heavy atom. The molecule has 1 aromatic heterocycles. The van der Waals surface area contributed by atoms with Gasteiger partial charge in [-0.15, -0.1) is 0 Å². The number of aromatic nitrogens is 2. The van der Waals surface area contributed by atoms with E-state index in [-0.39, 0.29) is 10.3 Å². The summed E-state index contributed by atoms with van der Waals surface area (Å²) in [5.74, 6) is 0. The molecular weight excluding hydrogens is 338 g/mol. The normalized spacial score (nSPS) is 11.9. The van der Waals surface area contributed by atoms with Crippen molar-refractivity contribution in [1.29, 1.82) is 0 Å². The van der Waals surface area contributed by atoms with Gasteiger partial charge in [0.25, 0.3) is 0 Å². The minimum absolute atomic E-state index is 0.204. The third-order valence-corrected chi connectivity index (χ3v) is 5.25. The average Bonchev–Trinajstić information content (AvgIpc) is 2.70. The van der Waals surface area contributed by atoms with E-state index in [9.17, 15) is 8.42 Å². The van der Waals surface area contributed by atoms with Crippen LogP contribution in [0, 0.1) is 0 Å². The van der Waals surface area contributed by atoms with Crippen molar-refractivity contribution < 1.29 is 8.42 Å². The zero-order valence-electron chi connectivity index (χ0n) is 7.65. The first-order chi connectivity index (χ1) is 7.53. The highest BCUT2D eigenvalue weighted by Crippen LogP contribution is 2.30. The molecule has 0 spiro atoms. The fourth-order valence-electron chi connectivity index (χ4n) is 1.11. The van der Waals surface area contributed by atoms with Crippen LogP contribution in [0.25, 0.3) is 11.0 Å². The molecule has 0 aliphatic rings. The van der Waals surface area contributed by atoms with Crippen LogP contribution in [0.4, 0.5) is 5.69 Å². The molecule has 0 fully saturated rings. The Bertz CT molecular complexity index is 628. The fraction of sp³-hybridized carbons (Fsp3) is 0.143. The number of halogens is 2. The summed E-state index contributed by atoms with van der Waals surface area (Å²) in [5.41, 5.74) is 1.34. The summed E-state index contributed by atoms with van der Waals surface area (Å²) in [6.45, 7) is 0. The maximum absolute atomic E-state index is 11.4. The lowest BCUT2D eigenvalue weighted by atomic mass is 10.3. The highest BCUT2D eigenvalue weighted by Gasteiger charge is 2.15. The number of rotatable bonds is 3. The first kappa shape index (κ1) is 12.0. The Morgan fingerprint density at radius 2 is 2.19 bits per heavy atom. The van der Waals surface area contributed by atoms with Crippen LogP contribution in [-0.4, -0.2) is 21.8 Å². The van der Waals surface area contributed by atoms with Crippen molar-refractivity contribution in [2.45, 2.75) is 0 Å². The molecule has 16 heavy (non-hydrogen) atoms. The lowest BCUT2D eigenvalue weighted by Crippen LogP contribution is -2.13. The van der Waals surface area contributed by atoms with Crippen LogP contribution < -0.4 is 4.72 Å². The zero-order chi connectivity index (χ0) is 11.8. The quantitative estimate of drug-likeness (QED) is 0.870. The molecule has 5 nitrogen and oxygen atoms in total. The van der Waals surface area contributed by atoms with Crippen molar-refractivity contribution in [2.75, 3.05) is 9.38 Å². The highest BCUT2D eigenvalue weighted by atomic mass is 79.9. The molecule has 86 valence electrons. The minimum Gasteiger partial charge on any atom is -0.279 e. The number of benzene rings is 1. The van der Waals surface area contributed by atoms with Gasteiger partial charge >= 0.3 is 0 Å². The van der Waals surface area contributed by atoms with E-state index in [0.717, 1.165) is 11.7 Å². The van der Waals surface area contributed by atoms with E-state index >= 15 is 0 Å². The summed E-state index contributed by atoms with van der Waals surface area (Å²) in [5, 5.41) is 0.296. The van der Waals surface area contributed by atoms with E-state index in [1.165, 1.54) is 0 Å². The van der Waals surface area contributed by atoms with E-state index in [1.807, 2.05) is 0 Å². The Hall–Kier alpha value is -0.440. The smallest absolute Gasteiger partial charge is 0.242 e. The number of hydrogen-bond donors (Lipinski definition) is 1. The molecule has 0 saturated carbocycles. The van der Waals surface area contributed by atoms with Crippen LogP contribution in [0.1, 0.15) is 0 Å². The maximum atomic E-state index is 11.4. The second-order valence-electron chi connectivity index (χ2n) is 2.88. The topological polar surface area (TPSA) is 72.0 Å². The van der Waals surface area contributed by atoms with Gasteiger partial charge in [0.15, 0.2) is 0 Å². The molecule has 1 aromatic carbocycles. The van der Waals surface area contributed by atoms with Crippen LogP contribution in [0.3, 0.4) is 0 Å². The minimum atomic E-state index is -3.45. The van der Waals surface area contributed by atoms with Crippen LogP contribution in [-0.2, 0) is 10.0 Å². The molecule has 0 atom stereocenters.